The van der Waals surface area contributed by atoms with Crippen LogP contribution in [0.1, 0.15) is 16.7 Å². The summed E-state index contributed by atoms with van der Waals surface area (Å²) in [5.41, 5.74) is 2.70. The van der Waals surface area contributed by atoms with Crippen LogP contribution in [0.25, 0.3) is 0 Å². The molecule has 0 unspecified atom stereocenters. The first kappa shape index (κ1) is 30.0. The maximum absolute atomic E-state index is 8.88. The second-order valence-corrected chi connectivity index (χ2v) is 8.56. The first-order valence-corrected chi connectivity index (χ1v) is 11.4. The number of phenolic OH excluding ortho intramolecular Hbond substituents is 3. The van der Waals surface area contributed by atoms with Gasteiger partial charge in [-0.05, 0) is 92.1 Å². The van der Waals surface area contributed by atoms with Crippen LogP contribution >= 0.6 is 42.6 Å². The van der Waals surface area contributed by atoms with Crippen molar-refractivity contribution in [1.82, 2.24) is 0 Å². The van der Waals surface area contributed by atoms with Crippen molar-refractivity contribution in [1.29, 1.82) is 0 Å². The van der Waals surface area contributed by atoms with Gasteiger partial charge in [0.25, 0.3) is 0 Å². The summed E-state index contributed by atoms with van der Waals surface area (Å²) >= 11 is 17.0. The van der Waals surface area contributed by atoms with Gasteiger partial charge in [0.1, 0.15) is 17.2 Å². The molecule has 0 fully saturated rings. The van der Waals surface area contributed by atoms with Gasteiger partial charge in [-0.3, -0.25) is 0 Å². The lowest BCUT2D eigenvalue weighted by molar-refractivity contribution is 0.275. The van der Waals surface area contributed by atoms with Gasteiger partial charge in [-0.25, -0.2) is 4.57 Å². The van der Waals surface area contributed by atoms with Crippen molar-refractivity contribution in [3.63, 3.8) is 0 Å². The molecule has 0 aliphatic rings. The highest BCUT2D eigenvalue weighted by atomic mass is 35.5. The molecule has 0 saturated heterocycles. The molecule has 11 heteroatoms. The third-order valence-corrected chi connectivity index (χ3v) is 4.70. The lowest BCUT2D eigenvalue weighted by Crippen LogP contribution is -1.71. The van der Waals surface area contributed by atoms with E-state index in [2.05, 4.69) is 0 Å². The van der Waals surface area contributed by atoms with E-state index in [1.807, 2.05) is 20.8 Å². The highest BCUT2D eigenvalue weighted by molar-refractivity contribution is 7.45. The summed E-state index contributed by atoms with van der Waals surface area (Å²) in [6.07, 6.45) is 0. The van der Waals surface area contributed by atoms with Crippen molar-refractivity contribution in [2.45, 2.75) is 20.8 Å². The third kappa shape index (κ3) is 14.9. The minimum absolute atomic E-state index is 0.261. The molecule has 3 aromatic carbocycles. The largest absolute Gasteiger partial charge is 0.508 e. The van der Waals surface area contributed by atoms with Crippen molar-refractivity contribution >= 4 is 42.6 Å². The molecule has 0 radical (unpaired) electrons. The second-order valence-electron chi connectivity index (χ2n) is 6.31. The van der Waals surface area contributed by atoms with E-state index in [1.54, 1.807) is 54.6 Å². The van der Waals surface area contributed by atoms with E-state index in [1.165, 1.54) is 0 Å². The molecule has 0 bridgehead atoms. The Labute approximate surface area is 201 Å². The summed E-state index contributed by atoms with van der Waals surface area (Å²) < 4.78 is 8.88. The topological polar surface area (TPSA) is 138 Å². The van der Waals surface area contributed by atoms with E-state index >= 15 is 0 Å². The molecule has 0 aromatic heterocycles. The number of rotatable bonds is 0. The summed E-state index contributed by atoms with van der Waals surface area (Å²) in [7, 11) is -4.64. The molecule has 0 heterocycles. The van der Waals surface area contributed by atoms with Gasteiger partial charge in [-0.1, -0.05) is 34.8 Å². The number of hydrogen-bond acceptors (Lipinski definition) is 4. The molecule has 0 atom stereocenters. The van der Waals surface area contributed by atoms with Crippen molar-refractivity contribution < 1.29 is 34.6 Å². The zero-order valence-corrected chi connectivity index (χ0v) is 20.5. The minimum Gasteiger partial charge on any atom is -0.508 e. The van der Waals surface area contributed by atoms with Crippen LogP contribution in [0.2, 0.25) is 15.1 Å². The summed E-state index contributed by atoms with van der Waals surface area (Å²) in [5, 5.41) is 28.7. The van der Waals surface area contributed by atoms with E-state index in [-0.39, 0.29) is 17.2 Å². The first-order valence-electron chi connectivity index (χ1n) is 8.73. The normalized spacial score (nSPS) is 9.91. The van der Waals surface area contributed by atoms with Gasteiger partial charge >= 0.3 is 7.82 Å². The van der Waals surface area contributed by atoms with Gasteiger partial charge in [0.15, 0.2) is 0 Å². The lowest BCUT2D eigenvalue weighted by atomic mass is 10.2. The van der Waals surface area contributed by atoms with Crippen LogP contribution in [0.3, 0.4) is 0 Å². The van der Waals surface area contributed by atoms with Gasteiger partial charge in [0.05, 0.1) is 0 Å². The smallest absolute Gasteiger partial charge is 0.466 e. The van der Waals surface area contributed by atoms with Crippen molar-refractivity contribution in [2.75, 3.05) is 0 Å². The number of halogens is 3. The number of aryl methyl sites for hydroxylation is 3. The van der Waals surface area contributed by atoms with E-state index in [9.17, 15) is 0 Å². The monoisotopic (exact) mass is 524 g/mol. The predicted octanol–water partition coefficient (Wildman–Crippen LogP) is 6.13. The molecule has 0 amide bonds. The molecule has 3 rings (SSSR count). The van der Waals surface area contributed by atoms with Gasteiger partial charge < -0.3 is 30.0 Å². The summed E-state index contributed by atoms with van der Waals surface area (Å²) in [6.45, 7) is 5.55. The molecule has 0 saturated carbocycles. The predicted molar refractivity (Wildman–Crippen MR) is 128 cm³/mol. The number of aromatic hydroxyl groups is 3. The van der Waals surface area contributed by atoms with Crippen LogP contribution in [-0.2, 0) is 4.57 Å². The second kappa shape index (κ2) is 14.2. The Kier molecular flexibility index (Phi) is 13.4. The molecule has 6 N–H and O–H groups in total. The van der Waals surface area contributed by atoms with Crippen LogP contribution in [0, 0.1) is 20.8 Å². The third-order valence-electron chi connectivity index (χ3n) is 3.42. The Balaban J connectivity index is 0.000000410. The molecular weight excluding hydrogens is 502 g/mol. The average Bonchev–Trinajstić information content (AvgIpc) is 2.65. The fraction of sp³-hybridized carbons (Fsp3) is 0.143. The maximum Gasteiger partial charge on any atom is 0.466 e. The first-order chi connectivity index (χ1) is 14.6. The number of phosphoric acid groups is 1. The molecule has 32 heavy (non-hydrogen) atoms. The summed E-state index contributed by atoms with van der Waals surface area (Å²) in [6, 6.07) is 14.6. The van der Waals surface area contributed by atoms with Crippen LogP contribution in [0.4, 0.5) is 0 Å². The Hall–Kier alpha value is -1.96. The lowest BCUT2D eigenvalue weighted by Gasteiger charge is -1.95. The fourth-order valence-electron chi connectivity index (χ4n) is 1.89. The molecule has 0 aliphatic carbocycles. The van der Waals surface area contributed by atoms with E-state index in [4.69, 9.17) is 69.4 Å². The van der Waals surface area contributed by atoms with E-state index < -0.39 is 7.82 Å². The minimum atomic E-state index is -4.64. The van der Waals surface area contributed by atoms with E-state index in [0.29, 0.717) is 15.1 Å². The van der Waals surface area contributed by atoms with Crippen LogP contribution in [-0.4, -0.2) is 30.0 Å². The summed E-state index contributed by atoms with van der Waals surface area (Å²) in [5.74, 6) is 0.783. The Morgan fingerprint density at radius 2 is 0.750 bits per heavy atom. The van der Waals surface area contributed by atoms with Gasteiger partial charge in [0.2, 0.25) is 0 Å². The van der Waals surface area contributed by atoms with Gasteiger partial charge in [0, 0.05) is 15.1 Å². The van der Waals surface area contributed by atoms with E-state index in [0.717, 1.165) is 16.7 Å². The van der Waals surface area contributed by atoms with Crippen LogP contribution in [0.5, 0.6) is 17.2 Å². The fourth-order valence-corrected chi connectivity index (χ4v) is 2.24. The molecule has 0 aliphatic heterocycles. The Morgan fingerprint density at radius 1 is 0.562 bits per heavy atom. The SMILES string of the molecule is Cc1cc(O)ccc1Cl.Cc1cc(O)ccc1Cl.Cc1cc(O)ccc1Cl.O=P(O)(O)O. The van der Waals surface area contributed by atoms with Gasteiger partial charge in [-0.15, -0.1) is 0 Å². The molecule has 176 valence electrons. The zero-order chi connectivity index (χ0) is 25.1. The zero-order valence-electron chi connectivity index (χ0n) is 17.4. The number of phenols is 3. The van der Waals surface area contributed by atoms with Crippen molar-refractivity contribution in [2.24, 2.45) is 0 Å². The Morgan fingerprint density at radius 3 is 0.875 bits per heavy atom. The Bertz CT molecular complexity index is 930. The van der Waals surface area contributed by atoms with Crippen LogP contribution in [0.15, 0.2) is 54.6 Å². The maximum atomic E-state index is 8.88. The molecule has 0 spiro atoms. The molecule has 3 aromatic rings. The molecule has 7 nitrogen and oxygen atoms in total. The quantitative estimate of drug-likeness (QED) is 0.194. The van der Waals surface area contributed by atoms with Gasteiger partial charge in [-0.2, -0.15) is 0 Å². The highest BCUT2D eigenvalue weighted by Gasteiger charge is 2.00. The van der Waals surface area contributed by atoms with Crippen LogP contribution < -0.4 is 0 Å². The average molecular weight is 526 g/mol. The van der Waals surface area contributed by atoms with Crippen molar-refractivity contribution in [3.05, 3.63) is 86.4 Å². The molecular formula is C21H24Cl3O7P. The number of hydrogen-bond donors (Lipinski definition) is 6. The standard InChI is InChI=1S/3C7H7ClO.H3O4P/c3*1-5-4-6(9)2-3-7(5)8;1-5(2,3)4/h3*2-4,9H,1H3;(H3,1,2,3,4). The highest BCUT2D eigenvalue weighted by Crippen LogP contribution is 2.26. The number of benzene rings is 3. The van der Waals surface area contributed by atoms with Crippen molar-refractivity contribution in [3.8, 4) is 17.2 Å². The summed E-state index contributed by atoms with van der Waals surface area (Å²) in [4.78, 5) is 21.6.